The summed E-state index contributed by atoms with van der Waals surface area (Å²) in [6, 6.07) is 8.19. The maximum absolute atomic E-state index is 5.38. The van der Waals surface area contributed by atoms with Crippen LogP contribution in [0.1, 0.15) is 5.69 Å². The van der Waals surface area contributed by atoms with Crippen LogP contribution in [0.2, 0.25) is 0 Å². The van der Waals surface area contributed by atoms with Gasteiger partial charge in [-0.1, -0.05) is 5.11 Å². The molecule has 0 saturated carbocycles. The molecule has 1 aromatic carbocycles. The van der Waals surface area contributed by atoms with Gasteiger partial charge in [0.25, 0.3) is 0 Å². The van der Waals surface area contributed by atoms with Crippen molar-refractivity contribution in [1.29, 1.82) is 0 Å². The molecule has 3 rings (SSSR count). The van der Waals surface area contributed by atoms with E-state index < -0.39 is 0 Å². The van der Waals surface area contributed by atoms with Crippen molar-refractivity contribution in [3.8, 4) is 0 Å². The lowest BCUT2D eigenvalue weighted by Crippen LogP contribution is -2.36. The number of hydrogen-bond acceptors (Lipinski definition) is 4. The van der Waals surface area contributed by atoms with Gasteiger partial charge in [-0.3, -0.25) is 0 Å². The Labute approximate surface area is 130 Å². The van der Waals surface area contributed by atoms with Gasteiger partial charge in [0.15, 0.2) is 0 Å². The van der Waals surface area contributed by atoms with Gasteiger partial charge in [0.05, 0.1) is 33.5 Å². The first-order valence-corrected chi connectivity index (χ1v) is 7.51. The summed E-state index contributed by atoms with van der Waals surface area (Å²) in [5, 5.41) is 8.69. The molecule has 2 heterocycles. The number of aromatic nitrogens is 2. The van der Waals surface area contributed by atoms with Crippen molar-refractivity contribution < 1.29 is 9.30 Å². The molecule has 0 amide bonds. The predicted molar refractivity (Wildman–Crippen MR) is 85.0 cm³/mol. The van der Waals surface area contributed by atoms with Crippen molar-refractivity contribution in [3.63, 3.8) is 0 Å². The molecule has 6 heteroatoms. The molecule has 6 nitrogen and oxygen atoms in total. The van der Waals surface area contributed by atoms with Gasteiger partial charge < -0.3 is 9.64 Å². The van der Waals surface area contributed by atoms with Crippen molar-refractivity contribution >= 4 is 17.3 Å². The van der Waals surface area contributed by atoms with Crippen LogP contribution in [0.15, 0.2) is 40.7 Å². The van der Waals surface area contributed by atoms with Crippen molar-refractivity contribution in [1.82, 2.24) is 4.57 Å². The number of anilines is 1. The van der Waals surface area contributed by atoms with Gasteiger partial charge in [-0.15, -0.1) is 0 Å². The molecular weight excluding hydrogens is 278 g/mol. The zero-order valence-corrected chi connectivity index (χ0v) is 13.4. The molecular formula is C16H22N5O+. The van der Waals surface area contributed by atoms with Crippen molar-refractivity contribution in [2.24, 2.45) is 24.3 Å². The van der Waals surface area contributed by atoms with Crippen LogP contribution in [-0.4, -0.2) is 30.9 Å². The van der Waals surface area contributed by atoms with E-state index in [1.807, 2.05) is 41.6 Å². The van der Waals surface area contributed by atoms with E-state index in [1.54, 1.807) is 0 Å². The van der Waals surface area contributed by atoms with E-state index in [0.29, 0.717) is 0 Å². The summed E-state index contributed by atoms with van der Waals surface area (Å²) in [6.45, 7) is 5.53. The summed E-state index contributed by atoms with van der Waals surface area (Å²) in [6.07, 6.45) is 2.04. The molecule has 0 N–H and O–H groups in total. The lowest BCUT2D eigenvalue weighted by Gasteiger charge is -2.28. The van der Waals surface area contributed by atoms with Gasteiger partial charge in [-0.05, 0) is 31.2 Å². The highest BCUT2D eigenvalue weighted by molar-refractivity contribution is 5.52. The molecule has 2 aromatic rings. The third kappa shape index (κ3) is 3.01. The van der Waals surface area contributed by atoms with Crippen LogP contribution in [0.25, 0.3) is 0 Å². The fraction of sp³-hybridized carbons (Fsp3) is 0.438. The van der Waals surface area contributed by atoms with Crippen LogP contribution in [0.5, 0.6) is 0 Å². The van der Waals surface area contributed by atoms with Crippen LogP contribution in [0, 0.1) is 6.92 Å². The smallest absolute Gasteiger partial charge is 0.378 e. The Morgan fingerprint density at radius 3 is 2.36 bits per heavy atom. The topological polar surface area (TPSA) is 46.0 Å². The maximum Gasteiger partial charge on any atom is 0.421 e. The summed E-state index contributed by atoms with van der Waals surface area (Å²) in [5.74, 6) is 0.828. The van der Waals surface area contributed by atoms with Gasteiger partial charge >= 0.3 is 5.95 Å². The van der Waals surface area contributed by atoms with Crippen LogP contribution in [0.3, 0.4) is 0 Å². The number of aryl methyl sites for hydroxylation is 2. The number of morpholine rings is 1. The molecule has 0 bridgehead atoms. The number of ether oxygens (including phenoxy) is 1. The standard InChI is InChI=1S/C16H22N5O/c1-13-12-19(2)16(20(13)3)18-17-14-4-6-15(7-5-14)21-8-10-22-11-9-21/h4-7,12H,8-11H2,1-3H3/q+1. The first-order chi connectivity index (χ1) is 10.6. The van der Waals surface area contributed by atoms with Gasteiger partial charge in [-0.25, -0.2) is 9.13 Å². The van der Waals surface area contributed by atoms with E-state index in [9.17, 15) is 0 Å². The molecule has 1 aliphatic rings. The van der Waals surface area contributed by atoms with Crippen molar-refractivity contribution in [2.75, 3.05) is 31.2 Å². The number of benzene rings is 1. The Kier molecular flexibility index (Phi) is 4.20. The molecule has 1 aromatic heterocycles. The average Bonchev–Trinajstić information content (AvgIpc) is 2.79. The highest BCUT2D eigenvalue weighted by Crippen LogP contribution is 2.22. The second kappa shape index (κ2) is 6.27. The first-order valence-electron chi connectivity index (χ1n) is 7.51. The lowest BCUT2D eigenvalue weighted by molar-refractivity contribution is -0.657. The largest absolute Gasteiger partial charge is 0.421 e. The van der Waals surface area contributed by atoms with Gasteiger partial charge in [-0.2, -0.15) is 0 Å². The van der Waals surface area contributed by atoms with E-state index in [1.165, 1.54) is 5.69 Å². The minimum atomic E-state index is 0.796. The van der Waals surface area contributed by atoms with E-state index >= 15 is 0 Å². The number of hydrogen-bond donors (Lipinski definition) is 0. The molecule has 116 valence electrons. The Morgan fingerprint density at radius 1 is 1.09 bits per heavy atom. The molecule has 0 spiro atoms. The SMILES string of the molecule is Cc1c[n+](C)c(N=Nc2ccc(N3CCOCC3)cc2)n1C. The van der Waals surface area contributed by atoms with Gasteiger partial charge in [0, 0.05) is 23.9 Å². The molecule has 0 aliphatic carbocycles. The summed E-state index contributed by atoms with van der Waals surface area (Å²) in [4.78, 5) is 2.32. The quantitative estimate of drug-likeness (QED) is 0.645. The molecule has 1 saturated heterocycles. The molecule has 0 atom stereocenters. The Bertz CT molecular complexity index is 669. The molecule has 1 aliphatic heterocycles. The Morgan fingerprint density at radius 2 is 1.77 bits per heavy atom. The summed E-state index contributed by atoms with van der Waals surface area (Å²) in [5.41, 5.74) is 3.22. The monoisotopic (exact) mass is 300 g/mol. The normalized spacial score (nSPS) is 15.7. The second-order valence-electron chi connectivity index (χ2n) is 5.56. The zero-order chi connectivity index (χ0) is 15.5. The van der Waals surface area contributed by atoms with E-state index in [2.05, 4.69) is 34.2 Å². The number of imidazole rings is 1. The third-order valence-corrected chi connectivity index (χ3v) is 4.01. The molecule has 22 heavy (non-hydrogen) atoms. The fourth-order valence-corrected chi connectivity index (χ4v) is 2.61. The van der Waals surface area contributed by atoms with Crippen LogP contribution < -0.4 is 9.47 Å². The van der Waals surface area contributed by atoms with Crippen LogP contribution >= 0.6 is 0 Å². The van der Waals surface area contributed by atoms with E-state index in [0.717, 1.165) is 43.6 Å². The van der Waals surface area contributed by atoms with E-state index in [-0.39, 0.29) is 0 Å². The van der Waals surface area contributed by atoms with E-state index in [4.69, 9.17) is 4.74 Å². The number of rotatable bonds is 3. The Balaban J connectivity index is 1.74. The number of azo groups is 1. The van der Waals surface area contributed by atoms with Crippen LogP contribution in [0.4, 0.5) is 17.3 Å². The van der Waals surface area contributed by atoms with Gasteiger partial charge in [0.2, 0.25) is 0 Å². The van der Waals surface area contributed by atoms with Crippen molar-refractivity contribution in [2.45, 2.75) is 6.92 Å². The summed E-state index contributed by atoms with van der Waals surface area (Å²) < 4.78 is 9.37. The minimum absolute atomic E-state index is 0.796. The maximum atomic E-state index is 5.38. The van der Waals surface area contributed by atoms with Crippen LogP contribution in [-0.2, 0) is 18.8 Å². The summed E-state index contributed by atoms with van der Waals surface area (Å²) >= 11 is 0. The highest BCUT2D eigenvalue weighted by atomic mass is 16.5. The Hall–Kier alpha value is -2.21. The fourth-order valence-electron chi connectivity index (χ4n) is 2.61. The average molecular weight is 300 g/mol. The third-order valence-electron chi connectivity index (χ3n) is 4.01. The second-order valence-corrected chi connectivity index (χ2v) is 5.56. The lowest BCUT2D eigenvalue weighted by atomic mass is 10.2. The molecule has 0 radical (unpaired) electrons. The molecule has 1 fully saturated rings. The minimum Gasteiger partial charge on any atom is -0.378 e. The highest BCUT2D eigenvalue weighted by Gasteiger charge is 2.15. The molecule has 0 unspecified atom stereocenters. The first kappa shape index (κ1) is 14.7. The number of nitrogens with zero attached hydrogens (tertiary/aromatic N) is 5. The summed E-state index contributed by atoms with van der Waals surface area (Å²) in [7, 11) is 3.97. The van der Waals surface area contributed by atoms with Gasteiger partial charge in [0.1, 0.15) is 11.4 Å². The predicted octanol–water partition coefficient (Wildman–Crippen LogP) is 2.41. The zero-order valence-electron chi connectivity index (χ0n) is 13.4. The van der Waals surface area contributed by atoms with Crippen molar-refractivity contribution in [3.05, 3.63) is 36.2 Å².